The zero-order chi connectivity index (χ0) is 15.8. The molecule has 8 heteroatoms. The average molecular weight is 312 g/mol. The Morgan fingerprint density at radius 1 is 1.43 bits per heavy atom. The topological polar surface area (TPSA) is 90.0 Å². The van der Waals surface area contributed by atoms with Crippen molar-refractivity contribution in [2.24, 2.45) is 7.05 Å². The predicted octanol–water partition coefficient (Wildman–Crippen LogP) is 1.81. The third-order valence-electron chi connectivity index (χ3n) is 3.09. The summed E-state index contributed by atoms with van der Waals surface area (Å²) in [6.45, 7) is 3.26. The fraction of sp³-hybridized carbons (Fsp3) is 0.308. The number of nitrogens with two attached hydrogens (primary N) is 1. The molecule has 6 nitrogen and oxygen atoms in total. The zero-order valence-corrected chi connectivity index (χ0v) is 12.8. The Hall–Kier alpha value is -2.09. The second-order valence-electron chi connectivity index (χ2n) is 4.75. The maximum Gasteiger partial charge on any atom is 0.262 e. The van der Waals surface area contributed by atoms with Crippen molar-refractivity contribution in [1.82, 2.24) is 9.78 Å². The van der Waals surface area contributed by atoms with Gasteiger partial charge >= 0.3 is 0 Å². The van der Waals surface area contributed by atoms with E-state index in [9.17, 15) is 12.8 Å². The molecule has 1 heterocycles. The Morgan fingerprint density at radius 3 is 2.71 bits per heavy atom. The molecule has 2 aromatic rings. The molecule has 0 amide bonds. The molecule has 0 fully saturated rings. The van der Waals surface area contributed by atoms with Crippen LogP contribution in [0.4, 0.5) is 15.8 Å². The van der Waals surface area contributed by atoms with Gasteiger partial charge in [0, 0.05) is 24.5 Å². The summed E-state index contributed by atoms with van der Waals surface area (Å²) < 4.78 is 42.5. The number of aryl methyl sites for hydroxylation is 2. The van der Waals surface area contributed by atoms with E-state index in [1.54, 1.807) is 13.2 Å². The lowest BCUT2D eigenvalue weighted by Crippen LogP contribution is -2.16. The Bertz CT molecular complexity index is 784. The zero-order valence-electron chi connectivity index (χ0n) is 12.0. The monoisotopic (exact) mass is 312 g/mol. The van der Waals surface area contributed by atoms with Gasteiger partial charge < -0.3 is 5.73 Å². The number of halogens is 1. The number of anilines is 2. The van der Waals surface area contributed by atoms with E-state index in [4.69, 9.17) is 5.73 Å². The van der Waals surface area contributed by atoms with E-state index < -0.39 is 15.8 Å². The molecule has 0 atom stereocenters. The lowest BCUT2D eigenvalue weighted by Gasteiger charge is -2.11. The highest BCUT2D eigenvalue weighted by Gasteiger charge is 2.22. The van der Waals surface area contributed by atoms with Crippen molar-refractivity contribution in [1.29, 1.82) is 0 Å². The van der Waals surface area contributed by atoms with Gasteiger partial charge in [0.1, 0.15) is 5.82 Å². The van der Waals surface area contributed by atoms with E-state index in [-0.39, 0.29) is 16.1 Å². The maximum absolute atomic E-state index is 13.7. The first-order chi connectivity index (χ1) is 9.74. The fourth-order valence-corrected chi connectivity index (χ4v) is 3.40. The number of rotatable bonds is 4. The molecule has 0 aliphatic rings. The predicted molar refractivity (Wildman–Crippen MR) is 78.9 cm³/mol. The SMILES string of the molecule is CCc1nn(C)cc1NS(=O)(=O)c1cc(N)cc(F)c1C. The third-order valence-corrected chi connectivity index (χ3v) is 4.58. The summed E-state index contributed by atoms with van der Waals surface area (Å²) in [5.74, 6) is -0.655. The van der Waals surface area contributed by atoms with Gasteiger partial charge in [-0.3, -0.25) is 9.40 Å². The van der Waals surface area contributed by atoms with Crippen molar-refractivity contribution in [3.63, 3.8) is 0 Å². The van der Waals surface area contributed by atoms with Crippen LogP contribution in [0.5, 0.6) is 0 Å². The third kappa shape index (κ3) is 2.99. The van der Waals surface area contributed by atoms with Gasteiger partial charge in [0.15, 0.2) is 0 Å². The second-order valence-corrected chi connectivity index (χ2v) is 6.40. The molecular weight excluding hydrogens is 295 g/mol. The summed E-state index contributed by atoms with van der Waals surface area (Å²) in [7, 11) is -2.23. The first-order valence-corrected chi connectivity index (χ1v) is 7.84. The molecular formula is C13H17FN4O2S. The Balaban J connectivity index is 2.48. The molecule has 1 aromatic heterocycles. The van der Waals surface area contributed by atoms with Crippen molar-refractivity contribution in [2.75, 3.05) is 10.5 Å². The highest BCUT2D eigenvalue weighted by Crippen LogP contribution is 2.25. The van der Waals surface area contributed by atoms with Crippen LogP contribution in [0.1, 0.15) is 18.2 Å². The standard InChI is InChI=1S/C13H17FN4O2S/c1-4-11-12(7-18(3)16-11)17-21(19,20)13-6-9(15)5-10(14)8(13)2/h5-7,17H,4,15H2,1-3H3. The van der Waals surface area contributed by atoms with Crippen LogP contribution in [0, 0.1) is 12.7 Å². The maximum atomic E-state index is 13.7. The quantitative estimate of drug-likeness (QED) is 0.843. The van der Waals surface area contributed by atoms with Crippen LogP contribution in [0.25, 0.3) is 0 Å². The van der Waals surface area contributed by atoms with Gasteiger partial charge in [-0.25, -0.2) is 12.8 Å². The minimum absolute atomic E-state index is 0.0265. The number of nitrogens with one attached hydrogen (secondary N) is 1. The minimum Gasteiger partial charge on any atom is -0.399 e. The molecule has 0 unspecified atom stereocenters. The molecule has 0 bridgehead atoms. The van der Waals surface area contributed by atoms with Crippen molar-refractivity contribution in [3.8, 4) is 0 Å². The lowest BCUT2D eigenvalue weighted by molar-refractivity contribution is 0.591. The molecule has 0 saturated heterocycles. The highest BCUT2D eigenvalue weighted by atomic mass is 32.2. The van der Waals surface area contributed by atoms with E-state index >= 15 is 0 Å². The van der Waals surface area contributed by atoms with E-state index in [2.05, 4.69) is 9.82 Å². The van der Waals surface area contributed by atoms with Gasteiger partial charge in [-0.1, -0.05) is 6.92 Å². The van der Waals surface area contributed by atoms with Crippen molar-refractivity contribution >= 4 is 21.4 Å². The van der Waals surface area contributed by atoms with Crippen molar-refractivity contribution in [3.05, 3.63) is 35.4 Å². The first kappa shape index (κ1) is 15.3. The summed E-state index contributed by atoms with van der Waals surface area (Å²) >= 11 is 0. The normalized spacial score (nSPS) is 11.6. The summed E-state index contributed by atoms with van der Waals surface area (Å²) in [5.41, 5.74) is 6.60. The number of nitrogen functional groups attached to an aromatic ring is 1. The first-order valence-electron chi connectivity index (χ1n) is 6.35. The van der Waals surface area contributed by atoms with Crippen LogP contribution in [-0.4, -0.2) is 18.2 Å². The number of benzene rings is 1. The van der Waals surface area contributed by atoms with Gasteiger partial charge in [-0.05, 0) is 25.5 Å². The van der Waals surface area contributed by atoms with Gasteiger partial charge in [0.05, 0.1) is 16.3 Å². The van der Waals surface area contributed by atoms with E-state index in [0.717, 1.165) is 6.07 Å². The average Bonchev–Trinajstić information content (AvgIpc) is 2.72. The molecule has 0 aliphatic heterocycles. The van der Waals surface area contributed by atoms with E-state index in [1.807, 2.05) is 6.92 Å². The summed E-state index contributed by atoms with van der Waals surface area (Å²) in [4.78, 5) is -0.175. The summed E-state index contributed by atoms with van der Waals surface area (Å²) in [5, 5.41) is 4.16. The van der Waals surface area contributed by atoms with E-state index in [1.165, 1.54) is 17.7 Å². The number of hydrogen-bond acceptors (Lipinski definition) is 4. The van der Waals surface area contributed by atoms with Crippen molar-refractivity contribution in [2.45, 2.75) is 25.2 Å². The van der Waals surface area contributed by atoms with Crippen LogP contribution in [0.15, 0.2) is 23.2 Å². The summed E-state index contributed by atoms with van der Waals surface area (Å²) in [6, 6.07) is 2.33. The Morgan fingerprint density at radius 2 is 2.10 bits per heavy atom. The van der Waals surface area contributed by atoms with Gasteiger partial charge in [0.2, 0.25) is 0 Å². The number of sulfonamides is 1. The van der Waals surface area contributed by atoms with Crippen molar-refractivity contribution < 1.29 is 12.8 Å². The Kier molecular flexibility index (Phi) is 3.91. The Labute approximate surface area is 122 Å². The molecule has 0 radical (unpaired) electrons. The molecule has 2 rings (SSSR count). The molecule has 3 N–H and O–H groups in total. The van der Waals surface area contributed by atoms with Crippen LogP contribution in [0.3, 0.4) is 0 Å². The largest absolute Gasteiger partial charge is 0.399 e. The molecule has 0 aliphatic carbocycles. The minimum atomic E-state index is -3.93. The van der Waals surface area contributed by atoms with Gasteiger partial charge in [-0.2, -0.15) is 5.10 Å². The molecule has 0 saturated carbocycles. The number of hydrogen-bond donors (Lipinski definition) is 2. The molecule has 0 spiro atoms. The lowest BCUT2D eigenvalue weighted by atomic mass is 10.2. The van der Waals surface area contributed by atoms with Crippen LogP contribution >= 0.6 is 0 Å². The second kappa shape index (κ2) is 5.36. The van der Waals surface area contributed by atoms with Gasteiger partial charge in [0.25, 0.3) is 10.0 Å². The fourth-order valence-electron chi connectivity index (χ4n) is 2.03. The molecule has 21 heavy (non-hydrogen) atoms. The van der Waals surface area contributed by atoms with Gasteiger partial charge in [-0.15, -0.1) is 0 Å². The number of aromatic nitrogens is 2. The smallest absolute Gasteiger partial charge is 0.262 e. The summed E-state index contributed by atoms with van der Waals surface area (Å²) in [6.07, 6.45) is 2.14. The van der Waals surface area contributed by atoms with Crippen LogP contribution < -0.4 is 10.5 Å². The number of nitrogens with zero attached hydrogens (tertiary/aromatic N) is 2. The van der Waals surface area contributed by atoms with Crippen LogP contribution in [-0.2, 0) is 23.5 Å². The van der Waals surface area contributed by atoms with E-state index in [0.29, 0.717) is 17.8 Å². The highest BCUT2D eigenvalue weighted by molar-refractivity contribution is 7.92. The molecule has 114 valence electrons. The van der Waals surface area contributed by atoms with Crippen LogP contribution in [0.2, 0.25) is 0 Å². The molecule has 1 aromatic carbocycles.